The summed E-state index contributed by atoms with van der Waals surface area (Å²) in [4.78, 5) is 31.3. The largest absolute Gasteiger partial charge is 0.455 e. The molecule has 2 amide bonds. The van der Waals surface area contributed by atoms with E-state index >= 15 is 0 Å². The van der Waals surface area contributed by atoms with E-state index in [1.54, 1.807) is 37.4 Å². The first-order valence-corrected chi connectivity index (χ1v) is 14.6. The van der Waals surface area contributed by atoms with Gasteiger partial charge in [-0.05, 0) is 91.9 Å². The number of H-pyrrole nitrogens is 1. The van der Waals surface area contributed by atoms with Crippen molar-refractivity contribution in [2.45, 2.75) is 32.2 Å². The number of carbonyl (C=O) groups is 2. The molecule has 2 aromatic heterocycles. The number of nitrogens with one attached hydrogen (secondary N) is 3. The molecular formula is C36H32FN5O3. The van der Waals surface area contributed by atoms with Gasteiger partial charge in [-0.15, -0.1) is 0 Å². The molecule has 3 N–H and O–H groups in total. The van der Waals surface area contributed by atoms with Crippen molar-refractivity contribution >= 4 is 28.4 Å². The molecule has 0 saturated heterocycles. The van der Waals surface area contributed by atoms with E-state index in [4.69, 9.17) is 4.42 Å². The number of fused-ring (bicyclic) bond motifs is 1. The van der Waals surface area contributed by atoms with Gasteiger partial charge in [-0.25, -0.2) is 9.37 Å². The molecule has 0 radical (unpaired) electrons. The van der Waals surface area contributed by atoms with Crippen LogP contribution in [-0.2, 0) is 5.54 Å². The minimum absolute atomic E-state index is 0.228. The molecule has 0 atom stereocenters. The number of allylic oxidation sites excluding steroid dienone is 5. The molecule has 0 spiro atoms. The number of benzene rings is 3. The van der Waals surface area contributed by atoms with Crippen LogP contribution in [0.1, 0.15) is 57.7 Å². The highest BCUT2D eigenvalue weighted by Crippen LogP contribution is 2.44. The summed E-state index contributed by atoms with van der Waals surface area (Å²) in [6.07, 6.45) is 8.86. The van der Waals surface area contributed by atoms with Crippen LogP contribution in [0.3, 0.4) is 0 Å². The number of aromatic nitrogens is 3. The van der Waals surface area contributed by atoms with E-state index in [9.17, 15) is 14.0 Å². The van der Waals surface area contributed by atoms with Crippen LogP contribution in [0.2, 0.25) is 0 Å². The lowest BCUT2D eigenvalue weighted by atomic mass is 9.95. The summed E-state index contributed by atoms with van der Waals surface area (Å²) in [6, 6.07) is 17.0. The number of aryl methyl sites for hydroxylation is 1. The minimum Gasteiger partial charge on any atom is -0.455 e. The first-order chi connectivity index (χ1) is 21.8. The molecular weight excluding hydrogens is 569 g/mol. The smallest absolute Gasteiger partial charge is 0.255 e. The van der Waals surface area contributed by atoms with E-state index < -0.39 is 5.54 Å². The maximum absolute atomic E-state index is 13.6. The number of nitrogens with zero attached hydrogens (tertiary/aromatic N) is 2. The third kappa shape index (κ3) is 5.60. The number of aromatic amines is 1. The van der Waals surface area contributed by atoms with Crippen LogP contribution < -0.4 is 10.6 Å². The van der Waals surface area contributed by atoms with Crippen molar-refractivity contribution in [1.82, 2.24) is 25.8 Å². The number of furan rings is 1. The molecule has 3 aromatic carbocycles. The molecule has 5 aromatic rings. The van der Waals surface area contributed by atoms with Gasteiger partial charge in [0.05, 0.1) is 11.1 Å². The van der Waals surface area contributed by atoms with Crippen LogP contribution in [0.25, 0.3) is 39.0 Å². The van der Waals surface area contributed by atoms with Gasteiger partial charge in [0.25, 0.3) is 11.8 Å². The second-order valence-electron chi connectivity index (χ2n) is 11.0. The average molecular weight is 602 g/mol. The highest BCUT2D eigenvalue weighted by atomic mass is 19.1. The Morgan fingerprint density at radius 1 is 1.04 bits per heavy atom. The molecule has 9 heteroatoms. The van der Waals surface area contributed by atoms with E-state index in [1.165, 1.54) is 12.1 Å². The van der Waals surface area contributed by atoms with Gasteiger partial charge in [0.1, 0.15) is 17.2 Å². The standard InChI is InChI=1S/C36H32FN5O3/c1-5-7-8-22(6-2)32-39-35(42-41-32)36(17-18-36)40-33(43)25-10-9-21(3)27(20-25)24-13-16-29-28(19-24)30(34(44)38-4)31(45-29)23-11-14-26(37)15-12-23/h5-16,19-20H,2,17-18H2,1,3-4H3,(H,38,44)(H,40,43)(H,39,41,42)/b7-5-,22-8+. The van der Waals surface area contributed by atoms with Gasteiger partial charge in [0, 0.05) is 29.1 Å². The predicted octanol–water partition coefficient (Wildman–Crippen LogP) is 7.26. The van der Waals surface area contributed by atoms with Crippen LogP contribution in [0, 0.1) is 12.7 Å². The molecule has 2 heterocycles. The Labute approximate surface area is 259 Å². The molecule has 1 saturated carbocycles. The molecule has 0 bridgehead atoms. The average Bonchev–Trinajstić information content (AvgIpc) is 3.48. The Balaban J connectivity index is 1.32. The van der Waals surface area contributed by atoms with Crippen molar-refractivity contribution in [3.8, 4) is 22.5 Å². The summed E-state index contributed by atoms with van der Waals surface area (Å²) in [6.45, 7) is 7.75. The van der Waals surface area contributed by atoms with Crippen LogP contribution in [-0.4, -0.2) is 34.0 Å². The summed E-state index contributed by atoms with van der Waals surface area (Å²) in [5.74, 6) is 0.552. The molecule has 8 nitrogen and oxygen atoms in total. The van der Waals surface area contributed by atoms with Gasteiger partial charge in [-0.3, -0.25) is 14.7 Å². The van der Waals surface area contributed by atoms with E-state index in [0.717, 1.165) is 35.1 Å². The molecule has 6 rings (SSSR count). The summed E-state index contributed by atoms with van der Waals surface area (Å²) in [5.41, 5.74) is 4.73. The number of hydrogen-bond acceptors (Lipinski definition) is 5. The van der Waals surface area contributed by atoms with Gasteiger partial charge >= 0.3 is 0 Å². The Hall–Kier alpha value is -5.57. The van der Waals surface area contributed by atoms with E-state index in [0.29, 0.717) is 45.1 Å². The maximum atomic E-state index is 13.6. The lowest BCUT2D eigenvalue weighted by Crippen LogP contribution is -2.35. The monoisotopic (exact) mass is 601 g/mol. The Morgan fingerprint density at radius 3 is 2.49 bits per heavy atom. The lowest BCUT2D eigenvalue weighted by Gasteiger charge is -2.16. The molecule has 1 aliphatic carbocycles. The van der Waals surface area contributed by atoms with Crippen LogP contribution in [0.4, 0.5) is 4.39 Å². The Kier molecular flexibility index (Phi) is 7.76. The zero-order valence-electron chi connectivity index (χ0n) is 25.2. The van der Waals surface area contributed by atoms with E-state index in [-0.39, 0.29) is 17.6 Å². The summed E-state index contributed by atoms with van der Waals surface area (Å²) in [5, 5.41) is 13.8. The third-order valence-electron chi connectivity index (χ3n) is 8.05. The van der Waals surface area contributed by atoms with Gasteiger partial charge < -0.3 is 15.1 Å². The predicted molar refractivity (Wildman–Crippen MR) is 173 cm³/mol. The van der Waals surface area contributed by atoms with E-state index in [2.05, 4.69) is 32.4 Å². The van der Waals surface area contributed by atoms with Crippen LogP contribution in [0.5, 0.6) is 0 Å². The van der Waals surface area contributed by atoms with E-state index in [1.807, 2.05) is 56.3 Å². The molecule has 1 fully saturated rings. The normalized spacial score (nSPS) is 14.1. The van der Waals surface area contributed by atoms with Crippen LogP contribution >= 0.6 is 0 Å². The highest BCUT2D eigenvalue weighted by molar-refractivity contribution is 6.12. The molecule has 0 unspecified atom stereocenters. The number of amides is 2. The van der Waals surface area contributed by atoms with Crippen molar-refractivity contribution < 1.29 is 18.4 Å². The van der Waals surface area contributed by atoms with Crippen molar-refractivity contribution in [3.63, 3.8) is 0 Å². The summed E-state index contributed by atoms with van der Waals surface area (Å²) < 4.78 is 19.7. The van der Waals surface area contributed by atoms with Crippen molar-refractivity contribution in [1.29, 1.82) is 0 Å². The fourth-order valence-electron chi connectivity index (χ4n) is 5.37. The SMILES string of the molecule is C=C/C(=C\C=C/C)c1n[nH]c(C2(NC(=O)c3ccc(C)c(-c4ccc5oc(-c6ccc(F)cc6)c(C(=O)NC)c5c4)c3)CC2)n1. The van der Waals surface area contributed by atoms with Gasteiger partial charge in [0.15, 0.2) is 11.6 Å². The Morgan fingerprint density at radius 2 is 1.80 bits per heavy atom. The van der Waals surface area contributed by atoms with Crippen molar-refractivity contribution in [3.05, 3.63) is 126 Å². The second kappa shape index (κ2) is 11.8. The minimum atomic E-state index is -0.616. The van der Waals surface area contributed by atoms with Gasteiger partial charge in [-0.1, -0.05) is 43.0 Å². The third-order valence-corrected chi connectivity index (χ3v) is 8.05. The van der Waals surface area contributed by atoms with Crippen LogP contribution in [0.15, 0.2) is 96.0 Å². The maximum Gasteiger partial charge on any atom is 0.255 e. The first-order valence-electron chi connectivity index (χ1n) is 14.6. The van der Waals surface area contributed by atoms with Crippen molar-refractivity contribution in [2.24, 2.45) is 0 Å². The molecule has 45 heavy (non-hydrogen) atoms. The Bertz CT molecular complexity index is 2010. The van der Waals surface area contributed by atoms with Gasteiger partial charge in [-0.2, -0.15) is 5.10 Å². The second-order valence-corrected chi connectivity index (χ2v) is 11.0. The lowest BCUT2D eigenvalue weighted by molar-refractivity contribution is 0.0927. The number of rotatable bonds is 9. The first kappa shape index (κ1) is 29.5. The van der Waals surface area contributed by atoms with Crippen molar-refractivity contribution in [2.75, 3.05) is 7.05 Å². The number of halogens is 1. The molecule has 0 aliphatic heterocycles. The fourth-order valence-corrected chi connectivity index (χ4v) is 5.37. The topological polar surface area (TPSA) is 113 Å². The zero-order valence-corrected chi connectivity index (χ0v) is 25.2. The van der Waals surface area contributed by atoms with Gasteiger partial charge in [0.2, 0.25) is 0 Å². The molecule has 226 valence electrons. The summed E-state index contributed by atoms with van der Waals surface area (Å²) in [7, 11) is 1.55. The zero-order chi connectivity index (χ0) is 31.7. The summed E-state index contributed by atoms with van der Waals surface area (Å²) >= 11 is 0. The molecule has 1 aliphatic rings. The quantitative estimate of drug-likeness (QED) is 0.154. The number of carbonyl (C=O) groups excluding carboxylic acids is 2. The highest BCUT2D eigenvalue weighted by Gasteiger charge is 2.49. The number of hydrogen-bond donors (Lipinski definition) is 3. The fraction of sp³-hybridized carbons (Fsp3) is 0.167.